The van der Waals surface area contributed by atoms with E-state index in [4.69, 9.17) is 4.74 Å². The van der Waals surface area contributed by atoms with Gasteiger partial charge in [-0.2, -0.15) is 0 Å². The summed E-state index contributed by atoms with van der Waals surface area (Å²) in [6, 6.07) is 13.8. The molecule has 4 nitrogen and oxygen atoms in total. The molecule has 0 aliphatic heterocycles. The molecule has 0 saturated carbocycles. The van der Waals surface area contributed by atoms with Crippen LogP contribution in [0.1, 0.15) is 31.9 Å². The molecule has 1 atom stereocenters. The Labute approximate surface area is 150 Å². The van der Waals surface area contributed by atoms with Gasteiger partial charge in [-0.3, -0.25) is 4.79 Å². The fraction of sp³-hybridized carbons (Fsp3) is 0.381. The molecule has 0 fully saturated rings. The molecule has 134 valence electrons. The Balaban J connectivity index is 2.06. The van der Waals surface area contributed by atoms with Crippen molar-refractivity contribution in [1.29, 1.82) is 0 Å². The normalized spacial score (nSPS) is 11.7. The quantitative estimate of drug-likeness (QED) is 0.803. The molecule has 1 amide bonds. The van der Waals surface area contributed by atoms with Gasteiger partial charge in [-0.05, 0) is 70.0 Å². The number of rotatable bonds is 7. The van der Waals surface area contributed by atoms with E-state index in [1.807, 2.05) is 50.2 Å². The Kier molecular flexibility index (Phi) is 6.45. The highest BCUT2D eigenvalue weighted by atomic mass is 16.5. The van der Waals surface area contributed by atoms with Gasteiger partial charge in [0.05, 0.1) is 0 Å². The van der Waals surface area contributed by atoms with Crippen LogP contribution < -0.4 is 15.0 Å². The lowest BCUT2D eigenvalue weighted by Crippen LogP contribution is -2.30. The van der Waals surface area contributed by atoms with E-state index < -0.39 is 6.10 Å². The van der Waals surface area contributed by atoms with Crippen molar-refractivity contribution in [3.05, 3.63) is 53.6 Å². The highest BCUT2D eigenvalue weighted by Gasteiger charge is 2.17. The van der Waals surface area contributed by atoms with Crippen molar-refractivity contribution in [2.45, 2.75) is 40.7 Å². The van der Waals surface area contributed by atoms with Crippen molar-refractivity contribution in [2.75, 3.05) is 23.3 Å². The summed E-state index contributed by atoms with van der Waals surface area (Å²) in [6.07, 6.45) is -0.567. The van der Waals surface area contributed by atoms with Gasteiger partial charge in [-0.15, -0.1) is 0 Å². The molecule has 2 aromatic rings. The molecule has 0 radical (unpaired) electrons. The highest BCUT2D eigenvalue weighted by molar-refractivity contribution is 5.95. The maximum Gasteiger partial charge on any atom is 0.265 e. The lowest BCUT2D eigenvalue weighted by molar-refractivity contribution is -0.122. The van der Waals surface area contributed by atoms with E-state index in [1.54, 1.807) is 6.92 Å². The number of ether oxygens (including phenoxy) is 1. The van der Waals surface area contributed by atoms with Gasteiger partial charge in [-0.25, -0.2) is 0 Å². The molecule has 2 aromatic carbocycles. The lowest BCUT2D eigenvalue weighted by atomic mass is 10.1. The molecule has 0 aliphatic carbocycles. The minimum absolute atomic E-state index is 0.151. The monoisotopic (exact) mass is 340 g/mol. The Morgan fingerprint density at radius 2 is 1.76 bits per heavy atom. The fourth-order valence-corrected chi connectivity index (χ4v) is 2.74. The van der Waals surface area contributed by atoms with Crippen molar-refractivity contribution >= 4 is 17.3 Å². The van der Waals surface area contributed by atoms with Crippen LogP contribution in [0, 0.1) is 13.8 Å². The van der Waals surface area contributed by atoms with E-state index in [1.165, 1.54) is 5.69 Å². The van der Waals surface area contributed by atoms with Gasteiger partial charge in [0.15, 0.2) is 6.10 Å². The number of anilines is 2. The van der Waals surface area contributed by atoms with Crippen molar-refractivity contribution in [3.63, 3.8) is 0 Å². The van der Waals surface area contributed by atoms with Crippen LogP contribution in [0.4, 0.5) is 11.4 Å². The Bertz CT molecular complexity index is 724. The predicted molar refractivity (Wildman–Crippen MR) is 105 cm³/mol. The number of carbonyl (C=O) groups is 1. The second-order valence-corrected chi connectivity index (χ2v) is 6.19. The van der Waals surface area contributed by atoms with Crippen molar-refractivity contribution in [3.8, 4) is 5.75 Å². The Hall–Kier alpha value is -2.49. The molecule has 0 aromatic heterocycles. The number of nitrogens with zero attached hydrogens (tertiary/aromatic N) is 1. The summed E-state index contributed by atoms with van der Waals surface area (Å²) in [5, 5.41) is 2.97. The number of benzene rings is 2. The smallest absolute Gasteiger partial charge is 0.265 e. The minimum atomic E-state index is -0.567. The standard InChI is InChI=1S/C21H28N2O2/c1-6-23(7-2)18-12-13-19(16(4)14-18)22-21(24)17(5)25-20-11-9-8-10-15(20)3/h8-14,17H,6-7H2,1-5H3,(H,22,24)/t17-/m1/s1. The van der Waals surface area contributed by atoms with Crippen molar-refractivity contribution in [2.24, 2.45) is 0 Å². The predicted octanol–water partition coefficient (Wildman–Crippen LogP) is 4.56. The lowest BCUT2D eigenvalue weighted by Gasteiger charge is -2.22. The van der Waals surface area contributed by atoms with E-state index in [9.17, 15) is 4.79 Å². The maximum absolute atomic E-state index is 12.5. The first-order valence-electron chi connectivity index (χ1n) is 8.85. The summed E-state index contributed by atoms with van der Waals surface area (Å²) in [7, 11) is 0. The molecule has 0 aliphatic rings. The first-order chi connectivity index (χ1) is 12.0. The summed E-state index contributed by atoms with van der Waals surface area (Å²) < 4.78 is 5.80. The largest absolute Gasteiger partial charge is 0.481 e. The second-order valence-electron chi connectivity index (χ2n) is 6.19. The molecule has 0 unspecified atom stereocenters. The van der Waals surface area contributed by atoms with E-state index in [0.717, 1.165) is 35.7 Å². The van der Waals surface area contributed by atoms with Gasteiger partial charge in [0.2, 0.25) is 0 Å². The average Bonchev–Trinajstić information content (AvgIpc) is 2.60. The topological polar surface area (TPSA) is 41.6 Å². The number of nitrogens with one attached hydrogen (secondary N) is 1. The summed E-state index contributed by atoms with van der Waals surface area (Å²) >= 11 is 0. The zero-order valence-corrected chi connectivity index (χ0v) is 15.8. The van der Waals surface area contributed by atoms with Crippen LogP contribution in [-0.4, -0.2) is 25.1 Å². The highest BCUT2D eigenvalue weighted by Crippen LogP contribution is 2.23. The van der Waals surface area contributed by atoms with Gasteiger partial charge in [0.1, 0.15) is 5.75 Å². The minimum Gasteiger partial charge on any atom is -0.481 e. The van der Waals surface area contributed by atoms with E-state index >= 15 is 0 Å². The van der Waals surface area contributed by atoms with Crippen LogP contribution in [-0.2, 0) is 4.79 Å². The molecule has 25 heavy (non-hydrogen) atoms. The molecule has 0 spiro atoms. The molecular weight excluding hydrogens is 312 g/mol. The van der Waals surface area contributed by atoms with E-state index in [2.05, 4.69) is 30.1 Å². The fourth-order valence-electron chi connectivity index (χ4n) is 2.74. The van der Waals surface area contributed by atoms with Gasteiger partial charge in [-0.1, -0.05) is 18.2 Å². The SMILES string of the molecule is CCN(CC)c1ccc(NC(=O)[C@@H](C)Oc2ccccc2C)c(C)c1. The third-order valence-electron chi connectivity index (χ3n) is 4.36. The Morgan fingerprint density at radius 1 is 1.08 bits per heavy atom. The zero-order valence-electron chi connectivity index (χ0n) is 15.8. The van der Waals surface area contributed by atoms with Gasteiger partial charge >= 0.3 is 0 Å². The average molecular weight is 340 g/mol. The van der Waals surface area contributed by atoms with Gasteiger partial charge in [0, 0.05) is 24.5 Å². The maximum atomic E-state index is 12.5. The van der Waals surface area contributed by atoms with E-state index in [0.29, 0.717) is 0 Å². The van der Waals surface area contributed by atoms with Crippen LogP contribution >= 0.6 is 0 Å². The van der Waals surface area contributed by atoms with E-state index in [-0.39, 0.29) is 5.91 Å². The molecule has 0 saturated heterocycles. The zero-order chi connectivity index (χ0) is 18.4. The molecular formula is C21H28N2O2. The summed E-state index contributed by atoms with van der Waals surface area (Å²) in [5.74, 6) is 0.584. The van der Waals surface area contributed by atoms with Crippen LogP contribution in [0.2, 0.25) is 0 Å². The third kappa shape index (κ3) is 4.75. The Morgan fingerprint density at radius 3 is 2.36 bits per heavy atom. The number of hydrogen-bond acceptors (Lipinski definition) is 3. The number of carbonyl (C=O) groups excluding carboxylic acids is 1. The second kappa shape index (κ2) is 8.56. The third-order valence-corrected chi connectivity index (χ3v) is 4.36. The number of hydrogen-bond donors (Lipinski definition) is 1. The number of aryl methyl sites for hydroxylation is 2. The number of para-hydroxylation sites is 1. The summed E-state index contributed by atoms with van der Waals surface area (Å²) in [4.78, 5) is 14.7. The summed E-state index contributed by atoms with van der Waals surface area (Å²) in [6.45, 7) is 11.9. The molecule has 4 heteroatoms. The van der Waals surface area contributed by atoms with Gasteiger partial charge in [0.25, 0.3) is 5.91 Å². The van der Waals surface area contributed by atoms with Crippen molar-refractivity contribution < 1.29 is 9.53 Å². The van der Waals surface area contributed by atoms with Crippen LogP contribution in [0.15, 0.2) is 42.5 Å². The first kappa shape index (κ1) is 18.8. The first-order valence-corrected chi connectivity index (χ1v) is 8.85. The summed E-state index contributed by atoms with van der Waals surface area (Å²) in [5.41, 5.74) is 4.05. The molecule has 0 bridgehead atoms. The number of amides is 1. The molecule has 0 heterocycles. The molecule has 1 N–H and O–H groups in total. The van der Waals surface area contributed by atoms with Crippen LogP contribution in [0.25, 0.3) is 0 Å². The van der Waals surface area contributed by atoms with Crippen molar-refractivity contribution in [1.82, 2.24) is 0 Å². The van der Waals surface area contributed by atoms with Gasteiger partial charge < -0.3 is 15.0 Å². The van der Waals surface area contributed by atoms with Crippen LogP contribution in [0.5, 0.6) is 5.75 Å². The van der Waals surface area contributed by atoms with Crippen LogP contribution in [0.3, 0.4) is 0 Å². The molecule has 2 rings (SSSR count).